The maximum Gasteiger partial charge on any atom is 0.414 e. The van der Waals surface area contributed by atoms with Gasteiger partial charge in [-0.15, -0.1) is 0 Å². The lowest BCUT2D eigenvalue weighted by molar-refractivity contribution is 0.162. The van der Waals surface area contributed by atoms with Crippen LogP contribution >= 0.6 is 0 Å². The normalized spacial score (nSPS) is 13.0. The van der Waals surface area contributed by atoms with Gasteiger partial charge in [-0.2, -0.15) is 8.42 Å². The molecule has 0 N–H and O–H groups in total. The van der Waals surface area contributed by atoms with Gasteiger partial charge in [-0.3, -0.25) is 9.08 Å². The largest absolute Gasteiger partial charge is 0.452 e. The van der Waals surface area contributed by atoms with Crippen molar-refractivity contribution in [1.82, 2.24) is 0 Å². The lowest BCUT2D eigenvalue weighted by atomic mass is 9.99. The van der Waals surface area contributed by atoms with Crippen molar-refractivity contribution in [2.24, 2.45) is 0 Å². The molecule has 0 radical (unpaired) electrons. The Morgan fingerprint density at radius 2 is 1.78 bits per heavy atom. The molecule has 27 heavy (non-hydrogen) atoms. The van der Waals surface area contributed by atoms with Gasteiger partial charge in [0, 0.05) is 6.42 Å². The topological polar surface area (TPSA) is 72.9 Å². The number of carbonyl (C=O) groups is 1. The highest BCUT2D eigenvalue weighted by Crippen LogP contribution is 2.42. The summed E-state index contributed by atoms with van der Waals surface area (Å²) in [7, 11) is -2.33. The average Bonchev–Trinajstić information content (AvgIpc) is 2.99. The van der Waals surface area contributed by atoms with E-state index in [9.17, 15) is 13.2 Å². The second-order valence-corrected chi connectivity index (χ2v) is 8.87. The molecule has 1 aliphatic rings. The first-order valence-electron chi connectivity index (χ1n) is 8.57. The monoisotopic (exact) mass is 389 g/mol. The molecule has 2 aromatic carbocycles. The molecule has 0 aromatic heterocycles. The van der Waals surface area contributed by atoms with Crippen LogP contribution in [-0.2, 0) is 25.5 Å². The third-order valence-corrected chi connectivity index (χ3v) is 5.20. The Hall–Kier alpha value is -2.38. The summed E-state index contributed by atoms with van der Waals surface area (Å²) in [6, 6.07) is 13.9. The van der Waals surface area contributed by atoms with Gasteiger partial charge >= 0.3 is 6.09 Å². The van der Waals surface area contributed by atoms with Crippen LogP contribution in [-0.4, -0.2) is 40.0 Å². The molecule has 0 bridgehead atoms. The number of fused-ring (bicyclic) bond motifs is 3. The number of rotatable bonds is 5. The number of methoxy groups -OCH3 is 1. The minimum atomic E-state index is -3.64. The van der Waals surface area contributed by atoms with E-state index in [4.69, 9.17) is 8.92 Å². The van der Waals surface area contributed by atoms with E-state index >= 15 is 0 Å². The molecule has 0 fully saturated rings. The Morgan fingerprint density at radius 3 is 2.44 bits per heavy atom. The molecular formula is C20H23NO5S. The molecule has 2 aromatic rings. The van der Waals surface area contributed by atoms with Crippen LogP contribution < -0.4 is 4.90 Å². The van der Waals surface area contributed by atoms with E-state index in [1.807, 2.05) is 30.3 Å². The van der Waals surface area contributed by atoms with E-state index < -0.39 is 21.8 Å². The smallest absolute Gasteiger partial charge is 0.414 e. The van der Waals surface area contributed by atoms with Crippen molar-refractivity contribution in [3.63, 3.8) is 0 Å². The molecule has 1 amide bonds. The number of carbonyl (C=O) groups excluding carboxylic acids is 1. The van der Waals surface area contributed by atoms with Crippen molar-refractivity contribution in [2.75, 3.05) is 24.9 Å². The highest BCUT2D eigenvalue weighted by molar-refractivity contribution is 7.85. The number of amides is 1. The van der Waals surface area contributed by atoms with Crippen LogP contribution in [0.3, 0.4) is 0 Å². The Balaban J connectivity index is 2.07. The summed E-state index contributed by atoms with van der Waals surface area (Å²) in [6.07, 6.45) is 1.11. The minimum Gasteiger partial charge on any atom is -0.452 e. The van der Waals surface area contributed by atoms with Gasteiger partial charge in [0.1, 0.15) is 0 Å². The maximum atomic E-state index is 12.7. The van der Waals surface area contributed by atoms with Gasteiger partial charge in [0.15, 0.2) is 0 Å². The summed E-state index contributed by atoms with van der Waals surface area (Å²) in [5.41, 5.74) is 4.16. The molecule has 0 spiro atoms. The highest BCUT2D eigenvalue weighted by Gasteiger charge is 2.37. The third kappa shape index (κ3) is 3.84. The zero-order valence-electron chi connectivity index (χ0n) is 15.9. The molecular weight excluding hydrogens is 366 g/mol. The molecule has 3 rings (SSSR count). The molecule has 0 atom stereocenters. The highest BCUT2D eigenvalue weighted by atomic mass is 32.2. The quantitative estimate of drug-likeness (QED) is 0.624. The predicted octanol–water partition coefficient (Wildman–Crippen LogP) is 3.59. The SMILES string of the molecule is COC(=O)N(c1cccc2c1Cc1ccccc1-2)C(C)(C)COS(C)(=O)=O. The zero-order chi connectivity index (χ0) is 19.8. The fraction of sp³-hybridized carbons (Fsp3) is 0.350. The van der Waals surface area contributed by atoms with Crippen molar-refractivity contribution in [1.29, 1.82) is 0 Å². The molecule has 0 aliphatic heterocycles. The number of ether oxygens (including phenoxy) is 1. The van der Waals surface area contributed by atoms with Crippen molar-refractivity contribution in [3.05, 3.63) is 53.6 Å². The van der Waals surface area contributed by atoms with Crippen molar-refractivity contribution >= 4 is 21.9 Å². The predicted molar refractivity (Wildman–Crippen MR) is 104 cm³/mol. The Morgan fingerprint density at radius 1 is 1.11 bits per heavy atom. The van der Waals surface area contributed by atoms with Crippen molar-refractivity contribution in [2.45, 2.75) is 25.8 Å². The van der Waals surface area contributed by atoms with Crippen LogP contribution in [0.25, 0.3) is 11.1 Å². The third-order valence-electron chi connectivity index (χ3n) is 4.66. The number of anilines is 1. The first-order valence-corrected chi connectivity index (χ1v) is 10.4. The molecule has 7 heteroatoms. The summed E-state index contributed by atoms with van der Waals surface area (Å²) >= 11 is 0. The Kier molecular flexibility index (Phi) is 5.01. The summed E-state index contributed by atoms with van der Waals surface area (Å²) in [5.74, 6) is 0. The summed E-state index contributed by atoms with van der Waals surface area (Å²) in [5, 5.41) is 0. The number of nitrogens with zero attached hydrogens (tertiary/aromatic N) is 1. The summed E-state index contributed by atoms with van der Waals surface area (Å²) in [4.78, 5) is 14.1. The van der Waals surface area contributed by atoms with E-state index in [0.29, 0.717) is 12.1 Å². The fourth-order valence-corrected chi connectivity index (χ4v) is 3.93. The van der Waals surface area contributed by atoms with Gasteiger partial charge in [-0.05, 0) is 42.2 Å². The zero-order valence-corrected chi connectivity index (χ0v) is 16.7. The number of hydrogen-bond donors (Lipinski definition) is 0. The van der Waals surface area contributed by atoms with Crippen molar-refractivity contribution < 1.29 is 22.1 Å². The van der Waals surface area contributed by atoms with Gasteiger partial charge in [0.2, 0.25) is 0 Å². The lowest BCUT2D eigenvalue weighted by Crippen LogP contribution is -2.51. The van der Waals surface area contributed by atoms with Crippen LogP contribution in [0.5, 0.6) is 0 Å². The molecule has 0 unspecified atom stereocenters. The van der Waals surface area contributed by atoms with E-state index in [-0.39, 0.29) is 6.61 Å². The first kappa shape index (κ1) is 19.4. The minimum absolute atomic E-state index is 0.183. The van der Waals surface area contributed by atoms with Crippen LogP contribution in [0, 0.1) is 0 Å². The number of benzene rings is 2. The molecule has 0 saturated carbocycles. The molecule has 0 saturated heterocycles. The van der Waals surface area contributed by atoms with Gasteiger partial charge in [0.25, 0.3) is 10.1 Å². The fourth-order valence-electron chi connectivity index (χ4n) is 3.43. The van der Waals surface area contributed by atoms with E-state index in [0.717, 1.165) is 22.9 Å². The average molecular weight is 389 g/mol. The maximum absolute atomic E-state index is 12.7. The molecule has 1 aliphatic carbocycles. The number of hydrogen-bond acceptors (Lipinski definition) is 5. The van der Waals surface area contributed by atoms with Crippen LogP contribution in [0.1, 0.15) is 25.0 Å². The van der Waals surface area contributed by atoms with Gasteiger partial charge in [-0.1, -0.05) is 36.4 Å². The van der Waals surface area contributed by atoms with Crippen molar-refractivity contribution in [3.8, 4) is 11.1 Å². The van der Waals surface area contributed by atoms with Gasteiger partial charge in [-0.25, -0.2) is 4.79 Å². The van der Waals surface area contributed by atoms with Gasteiger partial charge in [0.05, 0.1) is 31.2 Å². The second-order valence-electron chi connectivity index (χ2n) is 7.22. The van der Waals surface area contributed by atoms with E-state index in [2.05, 4.69) is 12.1 Å². The van der Waals surface area contributed by atoms with Gasteiger partial charge < -0.3 is 4.74 Å². The second kappa shape index (κ2) is 6.98. The molecule has 6 nitrogen and oxygen atoms in total. The lowest BCUT2D eigenvalue weighted by Gasteiger charge is -2.37. The molecule has 0 heterocycles. The molecule has 144 valence electrons. The standard InChI is InChI=1S/C20H23NO5S/c1-20(2,13-26-27(4,23)24)21(19(22)25-3)18-11-7-10-16-15-9-6-5-8-14(15)12-17(16)18/h5-11H,12-13H2,1-4H3. The van der Waals surface area contributed by atoms with Crippen LogP contribution in [0.4, 0.5) is 10.5 Å². The summed E-state index contributed by atoms with van der Waals surface area (Å²) in [6.45, 7) is 3.31. The van der Waals surface area contributed by atoms with E-state index in [1.165, 1.54) is 17.6 Å². The van der Waals surface area contributed by atoms with Crippen LogP contribution in [0.15, 0.2) is 42.5 Å². The van der Waals surface area contributed by atoms with Crippen LogP contribution in [0.2, 0.25) is 0 Å². The summed E-state index contributed by atoms with van der Waals surface area (Å²) < 4.78 is 32.9. The van der Waals surface area contributed by atoms with E-state index in [1.54, 1.807) is 13.8 Å². The Bertz CT molecular complexity index is 982. The Labute approximate surface area is 159 Å². The first-order chi connectivity index (χ1) is 12.6.